The topological polar surface area (TPSA) is 73.5 Å². The minimum absolute atomic E-state index is 0. The van der Waals surface area contributed by atoms with E-state index in [0.717, 1.165) is 19.6 Å². The lowest BCUT2D eigenvalue weighted by Gasteiger charge is -2.17. The van der Waals surface area contributed by atoms with Crippen molar-refractivity contribution in [3.8, 4) is 0 Å². The number of anilines is 1. The van der Waals surface area contributed by atoms with Crippen molar-refractivity contribution >= 4 is 42.3 Å². The van der Waals surface area contributed by atoms with Gasteiger partial charge in [0.15, 0.2) is 0 Å². The van der Waals surface area contributed by atoms with Crippen LogP contribution in [0.25, 0.3) is 0 Å². The van der Waals surface area contributed by atoms with Gasteiger partial charge in [-0.3, -0.25) is 9.59 Å². The first-order valence-corrected chi connectivity index (χ1v) is 7.65. The Balaban J connectivity index is 0. The standard InChI is InChI=1S/C16H26N4O2.2ClH/c1-4-20(5-2)11-10-18-16(22)13-6-8-14(9-7-13)19-15(21)12-17-3;;/h6-9,17H,4-5,10-12H2,1-3H3,(H,18,22)(H,19,21);2*1H. The maximum atomic E-state index is 12.0. The lowest BCUT2D eigenvalue weighted by Crippen LogP contribution is -2.34. The van der Waals surface area contributed by atoms with Gasteiger partial charge in [0.2, 0.25) is 5.91 Å². The Labute approximate surface area is 156 Å². The van der Waals surface area contributed by atoms with Crippen LogP contribution in [-0.2, 0) is 4.79 Å². The third kappa shape index (κ3) is 9.08. The molecule has 138 valence electrons. The largest absolute Gasteiger partial charge is 0.351 e. The van der Waals surface area contributed by atoms with Crippen molar-refractivity contribution in [3.63, 3.8) is 0 Å². The molecule has 0 aromatic heterocycles. The molecule has 2 amide bonds. The smallest absolute Gasteiger partial charge is 0.251 e. The quantitative estimate of drug-likeness (QED) is 0.611. The first-order chi connectivity index (χ1) is 10.6. The van der Waals surface area contributed by atoms with Gasteiger partial charge in [0.05, 0.1) is 6.54 Å². The predicted octanol–water partition coefficient (Wildman–Crippen LogP) is 1.76. The van der Waals surface area contributed by atoms with Gasteiger partial charge >= 0.3 is 0 Å². The van der Waals surface area contributed by atoms with Crippen molar-refractivity contribution in [2.75, 3.05) is 45.1 Å². The summed E-state index contributed by atoms with van der Waals surface area (Å²) in [5, 5.41) is 8.42. The van der Waals surface area contributed by atoms with E-state index in [1.165, 1.54) is 0 Å². The van der Waals surface area contributed by atoms with Crippen LogP contribution in [0.15, 0.2) is 24.3 Å². The fourth-order valence-electron chi connectivity index (χ4n) is 2.04. The van der Waals surface area contributed by atoms with Gasteiger partial charge in [0, 0.05) is 24.3 Å². The highest BCUT2D eigenvalue weighted by Crippen LogP contribution is 2.09. The van der Waals surface area contributed by atoms with Crippen molar-refractivity contribution in [1.29, 1.82) is 0 Å². The van der Waals surface area contributed by atoms with E-state index >= 15 is 0 Å². The van der Waals surface area contributed by atoms with E-state index in [1.807, 2.05) is 0 Å². The molecule has 1 rings (SSSR count). The normalized spacial score (nSPS) is 9.67. The Hall–Kier alpha value is -1.34. The number of halogens is 2. The number of amides is 2. The average Bonchev–Trinajstić information content (AvgIpc) is 2.52. The van der Waals surface area contributed by atoms with Crippen LogP contribution in [0.1, 0.15) is 24.2 Å². The summed E-state index contributed by atoms with van der Waals surface area (Å²) in [5.41, 5.74) is 1.27. The van der Waals surface area contributed by atoms with E-state index in [-0.39, 0.29) is 43.2 Å². The molecular formula is C16H28Cl2N4O2. The molecule has 0 saturated heterocycles. The predicted molar refractivity (Wildman–Crippen MR) is 104 cm³/mol. The van der Waals surface area contributed by atoms with Gasteiger partial charge in [0.1, 0.15) is 0 Å². The number of likely N-dealkylation sites (N-methyl/N-ethyl adjacent to an activating group) is 2. The first-order valence-electron chi connectivity index (χ1n) is 7.65. The average molecular weight is 379 g/mol. The second-order valence-electron chi connectivity index (χ2n) is 4.94. The first kappa shape index (κ1) is 24.9. The lowest BCUT2D eigenvalue weighted by molar-refractivity contribution is -0.115. The molecule has 0 aliphatic carbocycles. The van der Waals surface area contributed by atoms with Crippen molar-refractivity contribution in [2.45, 2.75) is 13.8 Å². The third-order valence-corrected chi connectivity index (χ3v) is 3.38. The van der Waals surface area contributed by atoms with Gasteiger partial charge in [-0.15, -0.1) is 24.8 Å². The molecule has 6 nitrogen and oxygen atoms in total. The van der Waals surface area contributed by atoms with E-state index in [0.29, 0.717) is 17.8 Å². The highest BCUT2D eigenvalue weighted by molar-refractivity contribution is 5.96. The number of rotatable bonds is 9. The summed E-state index contributed by atoms with van der Waals surface area (Å²) in [6.07, 6.45) is 0. The number of nitrogens with one attached hydrogen (secondary N) is 3. The van der Waals surface area contributed by atoms with E-state index in [2.05, 4.69) is 34.7 Å². The summed E-state index contributed by atoms with van der Waals surface area (Å²) in [6, 6.07) is 6.88. The summed E-state index contributed by atoms with van der Waals surface area (Å²) in [5.74, 6) is -0.209. The number of benzene rings is 1. The molecule has 0 spiro atoms. The fourth-order valence-corrected chi connectivity index (χ4v) is 2.04. The number of carbonyl (C=O) groups is 2. The summed E-state index contributed by atoms with van der Waals surface area (Å²) < 4.78 is 0. The number of carbonyl (C=O) groups excluding carboxylic acids is 2. The van der Waals surface area contributed by atoms with Crippen molar-refractivity contribution in [3.05, 3.63) is 29.8 Å². The highest BCUT2D eigenvalue weighted by Gasteiger charge is 2.07. The van der Waals surface area contributed by atoms with Crippen LogP contribution in [0.2, 0.25) is 0 Å². The Morgan fingerprint density at radius 1 is 1.04 bits per heavy atom. The second kappa shape index (κ2) is 14.0. The number of hydrogen-bond donors (Lipinski definition) is 3. The summed E-state index contributed by atoms with van der Waals surface area (Å²) in [6.45, 7) is 7.89. The van der Waals surface area contributed by atoms with Gasteiger partial charge in [0.25, 0.3) is 5.91 Å². The Morgan fingerprint density at radius 3 is 2.12 bits per heavy atom. The van der Waals surface area contributed by atoms with Crippen LogP contribution in [0.4, 0.5) is 5.69 Å². The maximum absolute atomic E-state index is 12.0. The van der Waals surface area contributed by atoms with Gasteiger partial charge in [-0.2, -0.15) is 0 Å². The summed E-state index contributed by atoms with van der Waals surface area (Å²) in [4.78, 5) is 25.7. The Kier molecular flexibility index (Phi) is 14.6. The molecule has 8 heteroatoms. The summed E-state index contributed by atoms with van der Waals surface area (Å²) >= 11 is 0. The summed E-state index contributed by atoms with van der Waals surface area (Å²) in [7, 11) is 1.71. The van der Waals surface area contributed by atoms with Crippen molar-refractivity contribution < 1.29 is 9.59 Å². The van der Waals surface area contributed by atoms with Crippen molar-refractivity contribution in [1.82, 2.24) is 15.5 Å². The molecule has 0 aliphatic heterocycles. The zero-order valence-corrected chi connectivity index (χ0v) is 16.1. The molecule has 0 saturated carbocycles. The molecule has 0 atom stereocenters. The van der Waals surface area contributed by atoms with Crippen LogP contribution in [0.5, 0.6) is 0 Å². The van der Waals surface area contributed by atoms with Crippen LogP contribution in [-0.4, -0.2) is 56.5 Å². The van der Waals surface area contributed by atoms with Gasteiger partial charge in [-0.25, -0.2) is 0 Å². The van der Waals surface area contributed by atoms with Gasteiger partial charge in [-0.05, 0) is 44.4 Å². The monoisotopic (exact) mass is 378 g/mol. The lowest BCUT2D eigenvalue weighted by atomic mass is 10.2. The minimum atomic E-state index is -0.112. The molecule has 0 aliphatic rings. The molecular weight excluding hydrogens is 351 g/mol. The molecule has 0 heterocycles. The van der Waals surface area contributed by atoms with Crippen LogP contribution in [0, 0.1) is 0 Å². The molecule has 0 unspecified atom stereocenters. The third-order valence-electron chi connectivity index (χ3n) is 3.38. The van der Waals surface area contributed by atoms with E-state index in [4.69, 9.17) is 0 Å². The van der Waals surface area contributed by atoms with E-state index in [1.54, 1.807) is 31.3 Å². The highest BCUT2D eigenvalue weighted by atomic mass is 35.5. The van der Waals surface area contributed by atoms with Crippen LogP contribution in [0.3, 0.4) is 0 Å². The zero-order valence-electron chi connectivity index (χ0n) is 14.4. The molecule has 1 aromatic carbocycles. The second-order valence-corrected chi connectivity index (χ2v) is 4.94. The molecule has 1 aromatic rings. The minimum Gasteiger partial charge on any atom is -0.351 e. The Morgan fingerprint density at radius 2 is 1.62 bits per heavy atom. The fraction of sp³-hybridized carbons (Fsp3) is 0.500. The van der Waals surface area contributed by atoms with Gasteiger partial charge < -0.3 is 20.9 Å². The van der Waals surface area contributed by atoms with Crippen LogP contribution < -0.4 is 16.0 Å². The van der Waals surface area contributed by atoms with Gasteiger partial charge in [-0.1, -0.05) is 13.8 Å². The Bertz CT molecular complexity index is 479. The number of nitrogens with zero attached hydrogens (tertiary/aromatic N) is 1. The molecule has 24 heavy (non-hydrogen) atoms. The maximum Gasteiger partial charge on any atom is 0.251 e. The molecule has 0 bridgehead atoms. The van der Waals surface area contributed by atoms with Crippen molar-refractivity contribution in [2.24, 2.45) is 0 Å². The molecule has 0 fully saturated rings. The molecule has 3 N–H and O–H groups in total. The van der Waals surface area contributed by atoms with Crippen LogP contribution >= 0.6 is 24.8 Å². The van der Waals surface area contributed by atoms with E-state index < -0.39 is 0 Å². The number of hydrogen-bond acceptors (Lipinski definition) is 4. The zero-order chi connectivity index (χ0) is 16.4. The van der Waals surface area contributed by atoms with E-state index in [9.17, 15) is 9.59 Å². The SMILES string of the molecule is CCN(CC)CCNC(=O)c1ccc(NC(=O)CNC)cc1.Cl.Cl. The molecule has 0 radical (unpaired) electrons.